The predicted octanol–water partition coefficient (Wildman–Crippen LogP) is 4.16. The summed E-state index contributed by atoms with van der Waals surface area (Å²) in [7, 11) is 0. The lowest BCUT2D eigenvalue weighted by Crippen LogP contribution is -2.04. The largest absolute Gasteiger partial charge is 0.379 e. The Balaban J connectivity index is 2.14. The highest BCUT2D eigenvalue weighted by atomic mass is 19.2. The molecule has 0 aliphatic carbocycles. The van der Waals surface area contributed by atoms with Crippen molar-refractivity contribution in [3.8, 4) is 0 Å². The first-order valence-electron chi connectivity index (χ1n) is 5.61. The van der Waals surface area contributed by atoms with E-state index in [1.165, 1.54) is 6.07 Å². The first-order valence-corrected chi connectivity index (χ1v) is 5.61. The lowest BCUT2D eigenvalue weighted by Gasteiger charge is -2.09. The molecular weight excluding hydrogens is 258 g/mol. The van der Waals surface area contributed by atoms with E-state index in [2.05, 4.69) is 5.32 Å². The fourth-order valence-electron chi connectivity index (χ4n) is 1.61. The molecule has 1 N–H and O–H groups in total. The summed E-state index contributed by atoms with van der Waals surface area (Å²) in [6.07, 6.45) is 0. The molecular formula is C14H11F4N. The van der Waals surface area contributed by atoms with Crippen molar-refractivity contribution in [2.75, 3.05) is 5.32 Å². The first-order chi connectivity index (χ1) is 8.99. The molecule has 0 saturated carbocycles. The van der Waals surface area contributed by atoms with Crippen LogP contribution in [0.4, 0.5) is 23.2 Å². The van der Waals surface area contributed by atoms with Crippen LogP contribution < -0.4 is 5.32 Å². The molecule has 0 fully saturated rings. The van der Waals surface area contributed by atoms with Crippen LogP contribution in [-0.4, -0.2) is 0 Å². The van der Waals surface area contributed by atoms with E-state index in [0.717, 1.165) is 12.1 Å². The molecule has 0 atom stereocenters. The zero-order chi connectivity index (χ0) is 14.0. The summed E-state index contributed by atoms with van der Waals surface area (Å²) in [5.41, 5.74) is 0.912. The van der Waals surface area contributed by atoms with E-state index < -0.39 is 17.5 Å². The van der Waals surface area contributed by atoms with Crippen LogP contribution in [-0.2, 0) is 6.54 Å². The summed E-state index contributed by atoms with van der Waals surface area (Å²) in [6.45, 7) is 1.74. The number of hydrogen-bond donors (Lipinski definition) is 1. The molecule has 0 spiro atoms. The minimum Gasteiger partial charge on any atom is -0.379 e. The molecule has 0 aromatic heterocycles. The Hall–Kier alpha value is -2.04. The minimum absolute atomic E-state index is 0.110. The van der Waals surface area contributed by atoms with Gasteiger partial charge in [-0.1, -0.05) is 12.1 Å². The molecule has 0 aliphatic heterocycles. The van der Waals surface area contributed by atoms with Crippen LogP contribution >= 0.6 is 0 Å². The van der Waals surface area contributed by atoms with Gasteiger partial charge in [-0.25, -0.2) is 17.6 Å². The Labute approximate surface area is 107 Å². The Morgan fingerprint density at radius 2 is 1.63 bits per heavy atom. The second-order valence-electron chi connectivity index (χ2n) is 4.16. The van der Waals surface area contributed by atoms with Crippen molar-refractivity contribution in [1.82, 2.24) is 0 Å². The molecule has 2 aromatic rings. The molecule has 0 unspecified atom stereocenters. The van der Waals surface area contributed by atoms with Crippen LogP contribution in [0.15, 0.2) is 30.3 Å². The van der Waals surface area contributed by atoms with Crippen LogP contribution in [0.5, 0.6) is 0 Å². The molecule has 0 heterocycles. The molecule has 0 saturated heterocycles. The summed E-state index contributed by atoms with van der Waals surface area (Å²) in [5, 5.41) is 2.60. The third kappa shape index (κ3) is 2.86. The average molecular weight is 269 g/mol. The van der Waals surface area contributed by atoms with E-state index in [1.807, 2.05) is 0 Å². The van der Waals surface area contributed by atoms with Gasteiger partial charge in [0.2, 0.25) is 0 Å². The maximum atomic E-state index is 13.4. The number of aryl methyl sites for hydroxylation is 1. The van der Waals surface area contributed by atoms with Gasteiger partial charge in [-0.15, -0.1) is 0 Å². The lowest BCUT2D eigenvalue weighted by molar-refractivity contribution is 0.449. The van der Waals surface area contributed by atoms with Gasteiger partial charge in [0.1, 0.15) is 5.82 Å². The van der Waals surface area contributed by atoms with Crippen molar-refractivity contribution in [2.45, 2.75) is 13.5 Å². The number of halogens is 4. The smallest absolute Gasteiger partial charge is 0.196 e. The molecule has 19 heavy (non-hydrogen) atoms. The fourth-order valence-corrected chi connectivity index (χ4v) is 1.61. The Kier molecular flexibility index (Phi) is 3.74. The Bertz CT molecular complexity index is 611. The molecule has 1 nitrogen and oxygen atoms in total. The van der Waals surface area contributed by atoms with Gasteiger partial charge in [-0.2, -0.15) is 0 Å². The second-order valence-corrected chi connectivity index (χ2v) is 4.16. The van der Waals surface area contributed by atoms with Gasteiger partial charge in [0.15, 0.2) is 17.5 Å². The average Bonchev–Trinajstić information content (AvgIpc) is 2.39. The highest BCUT2D eigenvalue weighted by molar-refractivity contribution is 5.46. The third-order valence-electron chi connectivity index (χ3n) is 2.75. The SMILES string of the molecule is Cc1ccc(CNc2ccc(F)c(F)c2F)cc1F. The maximum absolute atomic E-state index is 13.4. The van der Waals surface area contributed by atoms with E-state index in [4.69, 9.17) is 0 Å². The zero-order valence-electron chi connectivity index (χ0n) is 10.1. The van der Waals surface area contributed by atoms with Crippen molar-refractivity contribution in [3.63, 3.8) is 0 Å². The molecule has 2 rings (SSSR count). The van der Waals surface area contributed by atoms with Crippen LogP contribution in [0.3, 0.4) is 0 Å². The van der Waals surface area contributed by atoms with Gasteiger partial charge in [-0.3, -0.25) is 0 Å². The number of nitrogens with one attached hydrogen (secondary N) is 1. The number of benzene rings is 2. The number of anilines is 1. The quantitative estimate of drug-likeness (QED) is 0.651. The van der Waals surface area contributed by atoms with Crippen LogP contribution in [0.25, 0.3) is 0 Å². The normalized spacial score (nSPS) is 10.6. The van der Waals surface area contributed by atoms with Gasteiger partial charge in [0, 0.05) is 6.54 Å². The van der Waals surface area contributed by atoms with Gasteiger partial charge < -0.3 is 5.32 Å². The van der Waals surface area contributed by atoms with Crippen molar-refractivity contribution >= 4 is 5.69 Å². The lowest BCUT2D eigenvalue weighted by atomic mass is 10.1. The highest BCUT2D eigenvalue weighted by Gasteiger charge is 2.12. The summed E-state index contributed by atoms with van der Waals surface area (Å²) in [6, 6.07) is 6.49. The van der Waals surface area contributed by atoms with E-state index in [-0.39, 0.29) is 18.0 Å². The van der Waals surface area contributed by atoms with Gasteiger partial charge >= 0.3 is 0 Å². The number of rotatable bonds is 3. The fraction of sp³-hybridized carbons (Fsp3) is 0.143. The van der Waals surface area contributed by atoms with Crippen LogP contribution in [0, 0.1) is 30.2 Å². The van der Waals surface area contributed by atoms with E-state index in [9.17, 15) is 17.6 Å². The summed E-state index contributed by atoms with van der Waals surface area (Å²) < 4.78 is 52.4. The van der Waals surface area contributed by atoms with Gasteiger partial charge in [0.05, 0.1) is 5.69 Å². The molecule has 100 valence electrons. The van der Waals surface area contributed by atoms with Gasteiger partial charge in [0.25, 0.3) is 0 Å². The number of hydrogen-bond acceptors (Lipinski definition) is 1. The van der Waals surface area contributed by atoms with Crippen molar-refractivity contribution in [2.24, 2.45) is 0 Å². The monoisotopic (exact) mass is 269 g/mol. The Morgan fingerprint density at radius 1 is 0.895 bits per heavy atom. The topological polar surface area (TPSA) is 12.0 Å². The maximum Gasteiger partial charge on any atom is 0.196 e. The van der Waals surface area contributed by atoms with E-state index in [0.29, 0.717) is 11.1 Å². The van der Waals surface area contributed by atoms with Crippen LogP contribution in [0.2, 0.25) is 0 Å². The van der Waals surface area contributed by atoms with Crippen molar-refractivity contribution in [3.05, 3.63) is 64.7 Å². The molecule has 0 aliphatic rings. The molecule has 0 amide bonds. The molecule has 0 bridgehead atoms. The van der Waals surface area contributed by atoms with E-state index >= 15 is 0 Å². The summed E-state index contributed by atoms with van der Waals surface area (Å²) in [5.74, 6) is -4.43. The highest BCUT2D eigenvalue weighted by Crippen LogP contribution is 2.20. The van der Waals surface area contributed by atoms with Crippen molar-refractivity contribution < 1.29 is 17.6 Å². The third-order valence-corrected chi connectivity index (χ3v) is 2.75. The molecule has 0 radical (unpaired) electrons. The molecule has 5 heteroatoms. The van der Waals surface area contributed by atoms with Crippen LogP contribution in [0.1, 0.15) is 11.1 Å². The minimum atomic E-state index is -1.53. The van der Waals surface area contributed by atoms with Gasteiger partial charge in [-0.05, 0) is 36.2 Å². The zero-order valence-corrected chi connectivity index (χ0v) is 10.1. The predicted molar refractivity (Wildman–Crippen MR) is 64.8 cm³/mol. The summed E-state index contributed by atoms with van der Waals surface area (Å²) in [4.78, 5) is 0. The standard InChI is InChI=1S/C14H11F4N/c1-8-2-3-9(6-11(8)16)7-19-12-5-4-10(15)13(17)14(12)18/h2-6,19H,7H2,1H3. The van der Waals surface area contributed by atoms with E-state index in [1.54, 1.807) is 19.1 Å². The Morgan fingerprint density at radius 3 is 2.32 bits per heavy atom. The summed E-state index contributed by atoms with van der Waals surface area (Å²) >= 11 is 0. The first kappa shape index (κ1) is 13.4. The van der Waals surface area contributed by atoms with Crippen molar-refractivity contribution in [1.29, 1.82) is 0 Å². The second kappa shape index (κ2) is 5.30. The molecule has 2 aromatic carbocycles.